The van der Waals surface area contributed by atoms with Gasteiger partial charge in [0, 0.05) is 18.8 Å². The smallest absolute Gasteiger partial charge is 0.416 e. The number of nitriles is 1. The summed E-state index contributed by atoms with van der Waals surface area (Å²) in [6, 6.07) is 7.95. The maximum Gasteiger partial charge on any atom is 0.416 e. The molecule has 3 rings (SSSR count). The van der Waals surface area contributed by atoms with Gasteiger partial charge in [0.15, 0.2) is 5.82 Å². The fourth-order valence-corrected chi connectivity index (χ4v) is 2.49. The monoisotopic (exact) mass is 401 g/mol. The second kappa shape index (κ2) is 8.02. The standard InChI is InChI=1S/C19H14F3N5O2/c1-29-16-6-17(27-11-13(7-23)9-26-27)24-10-15(16)18(28)25-8-12-2-4-14(5-3-12)19(20,21)22/h2-6,9-11H,8H2,1H3,(H,25,28). The van der Waals surface area contributed by atoms with E-state index < -0.39 is 17.6 Å². The van der Waals surface area contributed by atoms with E-state index >= 15 is 0 Å². The fourth-order valence-electron chi connectivity index (χ4n) is 2.49. The van der Waals surface area contributed by atoms with Crippen LogP contribution in [0.1, 0.15) is 27.0 Å². The highest BCUT2D eigenvalue weighted by Crippen LogP contribution is 2.29. The van der Waals surface area contributed by atoms with E-state index in [-0.39, 0.29) is 17.9 Å². The molecule has 0 spiro atoms. The van der Waals surface area contributed by atoms with Crippen LogP contribution < -0.4 is 10.1 Å². The van der Waals surface area contributed by atoms with Crippen LogP contribution in [0.15, 0.2) is 48.9 Å². The lowest BCUT2D eigenvalue weighted by Gasteiger charge is -2.11. The highest BCUT2D eigenvalue weighted by atomic mass is 19.4. The van der Waals surface area contributed by atoms with Gasteiger partial charge in [-0.3, -0.25) is 4.79 Å². The Bertz CT molecular complexity index is 1070. The van der Waals surface area contributed by atoms with Gasteiger partial charge in [-0.25, -0.2) is 9.67 Å². The Kier molecular flexibility index (Phi) is 5.50. The first-order valence-corrected chi connectivity index (χ1v) is 8.25. The van der Waals surface area contributed by atoms with Gasteiger partial charge in [0.25, 0.3) is 5.91 Å². The summed E-state index contributed by atoms with van der Waals surface area (Å²) in [6.45, 7) is 0.0343. The van der Waals surface area contributed by atoms with Crippen LogP contribution in [0.25, 0.3) is 5.82 Å². The minimum absolute atomic E-state index is 0.0343. The molecule has 1 amide bonds. The first-order valence-electron chi connectivity index (χ1n) is 8.25. The number of halogens is 3. The van der Waals surface area contributed by atoms with Gasteiger partial charge in [-0.05, 0) is 17.7 Å². The number of nitrogens with one attached hydrogen (secondary N) is 1. The van der Waals surface area contributed by atoms with Crippen molar-refractivity contribution in [3.05, 3.63) is 71.2 Å². The minimum atomic E-state index is -4.41. The zero-order valence-electron chi connectivity index (χ0n) is 15.1. The summed E-state index contributed by atoms with van der Waals surface area (Å²) in [5, 5.41) is 15.5. The first-order chi connectivity index (χ1) is 13.8. The first kappa shape index (κ1) is 19.9. The minimum Gasteiger partial charge on any atom is -0.496 e. The molecule has 2 heterocycles. The Morgan fingerprint density at radius 3 is 2.59 bits per heavy atom. The van der Waals surface area contributed by atoms with Gasteiger partial charge >= 0.3 is 6.18 Å². The molecule has 0 fully saturated rings. The Morgan fingerprint density at radius 2 is 2.00 bits per heavy atom. The number of hydrogen-bond acceptors (Lipinski definition) is 5. The van der Waals surface area contributed by atoms with Gasteiger partial charge in [0.1, 0.15) is 11.8 Å². The quantitative estimate of drug-likeness (QED) is 0.709. The second-order valence-corrected chi connectivity index (χ2v) is 5.91. The van der Waals surface area contributed by atoms with Gasteiger partial charge in [-0.1, -0.05) is 12.1 Å². The average molecular weight is 401 g/mol. The van der Waals surface area contributed by atoms with Crippen molar-refractivity contribution >= 4 is 5.91 Å². The number of benzene rings is 1. The number of carbonyl (C=O) groups is 1. The second-order valence-electron chi connectivity index (χ2n) is 5.91. The van der Waals surface area contributed by atoms with Crippen LogP contribution >= 0.6 is 0 Å². The summed E-state index contributed by atoms with van der Waals surface area (Å²) in [5.41, 5.74) is 0.252. The molecule has 0 aliphatic heterocycles. The highest BCUT2D eigenvalue weighted by Gasteiger charge is 2.29. The Balaban J connectivity index is 1.72. The van der Waals surface area contributed by atoms with Gasteiger partial charge in [-0.2, -0.15) is 23.5 Å². The summed E-state index contributed by atoms with van der Waals surface area (Å²) in [7, 11) is 1.38. The average Bonchev–Trinajstić information content (AvgIpc) is 3.20. The molecule has 148 valence electrons. The predicted octanol–water partition coefficient (Wildman–Crippen LogP) is 3.10. The molecule has 0 radical (unpaired) electrons. The summed E-state index contributed by atoms with van der Waals surface area (Å²) in [6.07, 6.45) is -0.264. The molecular weight excluding hydrogens is 387 g/mol. The topological polar surface area (TPSA) is 92.8 Å². The molecule has 10 heteroatoms. The number of alkyl halides is 3. The Hall–Kier alpha value is -3.87. The van der Waals surface area contributed by atoms with E-state index in [4.69, 9.17) is 10.00 Å². The molecule has 0 aliphatic rings. The van der Waals surface area contributed by atoms with Gasteiger partial charge in [0.05, 0.1) is 36.2 Å². The molecule has 3 aromatic rings. The molecule has 1 aromatic carbocycles. The molecule has 29 heavy (non-hydrogen) atoms. The summed E-state index contributed by atoms with van der Waals surface area (Å²) < 4.78 is 44.4. The number of carbonyl (C=O) groups excluding carboxylic acids is 1. The number of ether oxygens (including phenoxy) is 1. The highest BCUT2D eigenvalue weighted by molar-refractivity contribution is 5.96. The molecule has 0 unspecified atom stereocenters. The van der Waals surface area contributed by atoms with Crippen molar-refractivity contribution in [1.29, 1.82) is 5.26 Å². The van der Waals surface area contributed by atoms with Crippen molar-refractivity contribution in [2.24, 2.45) is 0 Å². The summed E-state index contributed by atoms with van der Waals surface area (Å²) >= 11 is 0. The number of pyridine rings is 1. The molecule has 0 saturated heterocycles. The largest absolute Gasteiger partial charge is 0.496 e. The van der Waals surface area contributed by atoms with Crippen LogP contribution in [-0.2, 0) is 12.7 Å². The van der Waals surface area contributed by atoms with Crippen molar-refractivity contribution < 1.29 is 22.7 Å². The third-order valence-electron chi connectivity index (χ3n) is 4.00. The van der Waals surface area contributed by atoms with Crippen molar-refractivity contribution in [3.63, 3.8) is 0 Å². The van der Waals surface area contributed by atoms with E-state index in [1.54, 1.807) is 0 Å². The maximum absolute atomic E-state index is 12.6. The van der Waals surface area contributed by atoms with Crippen LogP contribution in [0, 0.1) is 11.3 Å². The molecule has 1 N–H and O–H groups in total. The maximum atomic E-state index is 12.6. The molecule has 0 atom stereocenters. The number of amides is 1. The van der Waals surface area contributed by atoms with E-state index in [0.717, 1.165) is 12.1 Å². The van der Waals surface area contributed by atoms with E-state index in [2.05, 4.69) is 15.4 Å². The zero-order valence-corrected chi connectivity index (χ0v) is 15.1. The molecule has 7 nitrogen and oxygen atoms in total. The van der Waals surface area contributed by atoms with E-state index in [9.17, 15) is 18.0 Å². The SMILES string of the molecule is COc1cc(-n2cc(C#N)cn2)ncc1C(=O)NCc1ccc(C(F)(F)F)cc1. The molecule has 0 saturated carbocycles. The van der Waals surface area contributed by atoms with Gasteiger partial charge in [0.2, 0.25) is 0 Å². The van der Waals surface area contributed by atoms with E-state index in [1.807, 2.05) is 6.07 Å². The fraction of sp³-hybridized carbons (Fsp3) is 0.158. The number of methoxy groups -OCH3 is 1. The third kappa shape index (κ3) is 4.52. The van der Waals surface area contributed by atoms with Crippen LogP contribution in [0.4, 0.5) is 13.2 Å². The third-order valence-corrected chi connectivity index (χ3v) is 4.00. The van der Waals surface area contributed by atoms with Crippen LogP contribution in [0.5, 0.6) is 5.75 Å². The lowest BCUT2D eigenvalue weighted by Crippen LogP contribution is -2.23. The van der Waals surface area contributed by atoms with Crippen molar-refractivity contribution in [2.75, 3.05) is 7.11 Å². The number of aromatic nitrogens is 3. The van der Waals surface area contributed by atoms with Crippen molar-refractivity contribution in [3.8, 4) is 17.6 Å². The van der Waals surface area contributed by atoms with E-state index in [0.29, 0.717) is 16.9 Å². The summed E-state index contributed by atoms with van der Waals surface area (Å²) in [5.74, 6) is 0.0792. The molecule has 0 aliphatic carbocycles. The van der Waals surface area contributed by atoms with Crippen molar-refractivity contribution in [2.45, 2.75) is 12.7 Å². The zero-order chi connectivity index (χ0) is 21.0. The van der Waals surface area contributed by atoms with E-state index in [1.165, 1.54) is 48.6 Å². The lowest BCUT2D eigenvalue weighted by molar-refractivity contribution is -0.137. The number of rotatable bonds is 5. The molecule has 0 bridgehead atoms. The number of hydrogen-bond donors (Lipinski definition) is 1. The van der Waals surface area contributed by atoms with Crippen molar-refractivity contribution in [1.82, 2.24) is 20.1 Å². The van der Waals surface area contributed by atoms with Crippen LogP contribution in [0.3, 0.4) is 0 Å². The molecular formula is C19H14F3N5O2. The van der Waals surface area contributed by atoms with Gasteiger partial charge in [-0.15, -0.1) is 0 Å². The van der Waals surface area contributed by atoms with Crippen LogP contribution in [-0.4, -0.2) is 27.8 Å². The summed E-state index contributed by atoms with van der Waals surface area (Å²) in [4.78, 5) is 16.6. The Labute approximate surface area is 163 Å². The lowest BCUT2D eigenvalue weighted by atomic mass is 10.1. The molecule has 2 aromatic heterocycles. The van der Waals surface area contributed by atoms with Gasteiger partial charge < -0.3 is 10.1 Å². The number of nitrogens with zero attached hydrogens (tertiary/aromatic N) is 4. The van der Waals surface area contributed by atoms with Crippen LogP contribution in [0.2, 0.25) is 0 Å². The Morgan fingerprint density at radius 1 is 1.28 bits per heavy atom. The normalized spacial score (nSPS) is 11.0. The predicted molar refractivity (Wildman–Crippen MR) is 95.2 cm³/mol.